The molecule has 1 aromatic carbocycles. The van der Waals surface area contributed by atoms with Gasteiger partial charge in [0.15, 0.2) is 0 Å². The first kappa shape index (κ1) is 19.5. The Bertz CT molecular complexity index is 697. The van der Waals surface area contributed by atoms with Crippen molar-refractivity contribution < 1.29 is 14.4 Å². The van der Waals surface area contributed by atoms with E-state index in [1.807, 2.05) is 0 Å². The first-order valence-electron chi connectivity index (χ1n) is 9.67. The van der Waals surface area contributed by atoms with E-state index in [4.69, 9.17) is 0 Å². The van der Waals surface area contributed by atoms with E-state index in [0.29, 0.717) is 13.1 Å². The zero-order valence-electron chi connectivity index (χ0n) is 16.5. The van der Waals surface area contributed by atoms with Crippen LogP contribution in [0.3, 0.4) is 0 Å². The van der Waals surface area contributed by atoms with E-state index in [0.717, 1.165) is 24.5 Å². The number of hydrogen-bond donors (Lipinski definition) is 0. The molecular formula is C21H29N3O3. The molecule has 3 amide bonds. The van der Waals surface area contributed by atoms with Crippen molar-refractivity contribution in [2.45, 2.75) is 45.6 Å². The molecule has 2 aliphatic rings. The fourth-order valence-electron chi connectivity index (χ4n) is 3.56. The molecule has 0 atom stereocenters. The minimum atomic E-state index is -0.231. The number of piperazine rings is 1. The van der Waals surface area contributed by atoms with Crippen molar-refractivity contribution in [2.75, 3.05) is 32.7 Å². The van der Waals surface area contributed by atoms with Crippen molar-refractivity contribution in [3.8, 4) is 0 Å². The highest BCUT2D eigenvalue weighted by molar-refractivity contribution is 6.04. The zero-order chi connectivity index (χ0) is 19.6. The Morgan fingerprint density at radius 3 is 2.00 bits per heavy atom. The standard InChI is InChI=1S/C21H29N3O3/c1-21(2,3)17-6-4-16(5-7-17)14-22-10-12-23(13-11-22)20(27)15-24-18(25)8-9-19(24)26/h4-7H,8-15H2,1-3H3. The molecule has 1 aromatic rings. The van der Waals surface area contributed by atoms with Crippen molar-refractivity contribution >= 4 is 17.7 Å². The molecule has 2 heterocycles. The first-order valence-corrected chi connectivity index (χ1v) is 9.67. The predicted molar refractivity (Wildman–Crippen MR) is 103 cm³/mol. The van der Waals surface area contributed by atoms with Crippen molar-refractivity contribution in [3.05, 3.63) is 35.4 Å². The van der Waals surface area contributed by atoms with Gasteiger partial charge in [0.05, 0.1) is 0 Å². The third-order valence-electron chi connectivity index (χ3n) is 5.40. The van der Waals surface area contributed by atoms with Crippen LogP contribution in [0.15, 0.2) is 24.3 Å². The van der Waals surface area contributed by atoms with E-state index in [9.17, 15) is 14.4 Å². The molecule has 0 aromatic heterocycles. The monoisotopic (exact) mass is 371 g/mol. The topological polar surface area (TPSA) is 60.9 Å². The van der Waals surface area contributed by atoms with Crippen LogP contribution in [0.5, 0.6) is 0 Å². The summed E-state index contributed by atoms with van der Waals surface area (Å²) < 4.78 is 0. The Hall–Kier alpha value is -2.21. The molecule has 2 aliphatic heterocycles. The average molecular weight is 371 g/mol. The van der Waals surface area contributed by atoms with Crippen molar-refractivity contribution in [1.82, 2.24) is 14.7 Å². The minimum absolute atomic E-state index is 0.105. The van der Waals surface area contributed by atoms with E-state index in [1.54, 1.807) is 4.90 Å². The molecule has 0 unspecified atom stereocenters. The lowest BCUT2D eigenvalue weighted by molar-refractivity contribution is -0.146. The fourth-order valence-corrected chi connectivity index (χ4v) is 3.56. The van der Waals surface area contributed by atoms with E-state index < -0.39 is 0 Å². The maximum absolute atomic E-state index is 12.4. The number of amides is 3. The van der Waals surface area contributed by atoms with E-state index in [1.165, 1.54) is 11.1 Å². The van der Waals surface area contributed by atoms with Crippen molar-refractivity contribution in [2.24, 2.45) is 0 Å². The number of imide groups is 1. The summed E-state index contributed by atoms with van der Waals surface area (Å²) in [5, 5.41) is 0. The molecule has 0 N–H and O–H groups in total. The summed E-state index contributed by atoms with van der Waals surface area (Å²) in [4.78, 5) is 40.9. The number of benzene rings is 1. The van der Waals surface area contributed by atoms with Crippen molar-refractivity contribution in [3.63, 3.8) is 0 Å². The molecule has 6 nitrogen and oxygen atoms in total. The summed E-state index contributed by atoms with van der Waals surface area (Å²) in [5.74, 6) is -0.593. The molecule has 0 spiro atoms. The van der Waals surface area contributed by atoms with Gasteiger partial charge in [0.1, 0.15) is 6.54 Å². The van der Waals surface area contributed by atoms with Gasteiger partial charge in [-0.2, -0.15) is 0 Å². The van der Waals surface area contributed by atoms with Crippen LogP contribution in [0.4, 0.5) is 0 Å². The van der Waals surface area contributed by atoms with Crippen LogP contribution in [0.25, 0.3) is 0 Å². The SMILES string of the molecule is CC(C)(C)c1ccc(CN2CCN(C(=O)CN3C(=O)CCC3=O)CC2)cc1. The van der Waals surface area contributed by atoms with E-state index >= 15 is 0 Å². The van der Waals surface area contributed by atoms with Gasteiger partial charge in [-0.1, -0.05) is 45.0 Å². The molecule has 27 heavy (non-hydrogen) atoms. The molecular weight excluding hydrogens is 342 g/mol. The second-order valence-corrected chi connectivity index (χ2v) is 8.48. The highest BCUT2D eigenvalue weighted by atomic mass is 16.2. The largest absolute Gasteiger partial charge is 0.339 e. The van der Waals surface area contributed by atoms with E-state index in [-0.39, 0.29) is 42.5 Å². The normalized spacial score (nSPS) is 19.1. The molecule has 2 saturated heterocycles. The number of carbonyl (C=O) groups excluding carboxylic acids is 3. The summed E-state index contributed by atoms with van der Waals surface area (Å²) in [6, 6.07) is 8.75. The van der Waals surface area contributed by atoms with Gasteiger partial charge in [0, 0.05) is 45.6 Å². The van der Waals surface area contributed by atoms with Crippen LogP contribution >= 0.6 is 0 Å². The van der Waals surface area contributed by atoms with Gasteiger partial charge in [-0.15, -0.1) is 0 Å². The van der Waals surface area contributed by atoms with Crippen LogP contribution in [0.2, 0.25) is 0 Å². The molecule has 3 rings (SSSR count). The first-order chi connectivity index (χ1) is 12.7. The molecule has 0 bridgehead atoms. The quantitative estimate of drug-likeness (QED) is 0.757. The lowest BCUT2D eigenvalue weighted by Gasteiger charge is -2.35. The third-order valence-corrected chi connectivity index (χ3v) is 5.40. The van der Waals surface area contributed by atoms with Gasteiger partial charge in [0.25, 0.3) is 0 Å². The van der Waals surface area contributed by atoms with Gasteiger partial charge in [-0.05, 0) is 16.5 Å². The maximum Gasteiger partial charge on any atom is 0.242 e. The van der Waals surface area contributed by atoms with Crippen LogP contribution in [0, 0.1) is 0 Å². The Labute approximate surface area is 161 Å². The van der Waals surface area contributed by atoms with Gasteiger partial charge in [0.2, 0.25) is 17.7 Å². The maximum atomic E-state index is 12.4. The molecule has 0 radical (unpaired) electrons. The number of hydrogen-bond acceptors (Lipinski definition) is 4. The summed E-state index contributed by atoms with van der Waals surface area (Å²) in [6.45, 7) is 10.3. The Morgan fingerprint density at radius 2 is 1.48 bits per heavy atom. The molecule has 2 fully saturated rings. The van der Waals surface area contributed by atoms with Gasteiger partial charge < -0.3 is 4.90 Å². The molecule has 146 valence electrons. The summed E-state index contributed by atoms with van der Waals surface area (Å²) in [6.07, 6.45) is 0.460. The number of likely N-dealkylation sites (tertiary alicyclic amines) is 1. The molecule has 0 saturated carbocycles. The Balaban J connectivity index is 1.48. The van der Waals surface area contributed by atoms with E-state index in [2.05, 4.69) is 49.9 Å². The fraction of sp³-hybridized carbons (Fsp3) is 0.571. The third kappa shape index (κ3) is 4.75. The molecule has 0 aliphatic carbocycles. The number of carbonyl (C=O) groups is 3. The minimum Gasteiger partial charge on any atom is -0.339 e. The number of nitrogens with zero attached hydrogens (tertiary/aromatic N) is 3. The average Bonchev–Trinajstić information content (AvgIpc) is 2.94. The summed E-state index contributed by atoms with van der Waals surface area (Å²) in [5.41, 5.74) is 2.76. The van der Waals surface area contributed by atoms with Crippen LogP contribution in [0.1, 0.15) is 44.7 Å². The predicted octanol–water partition coefficient (Wildman–Crippen LogP) is 1.78. The Morgan fingerprint density at radius 1 is 0.926 bits per heavy atom. The van der Waals surface area contributed by atoms with Crippen LogP contribution in [-0.2, 0) is 26.3 Å². The number of rotatable bonds is 4. The van der Waals surface area contributed by atoms with Gasteiger partial charge in [-0.25, -0.2) is 0 Å². The van der Waals surface area contributed by atoms with Gasteiger partial charge in [-0.3, -0.25) is 24.2 Å². The second kappa shape index (κ2) is 7.80. The second-order valence-electron chi connectivity index (χ2n) is 8.48. The van der Waals surface area contributed by atoms with Gasteiger partial charge >= 0.3 is 0 Å². The molecule has 6 heteroatoms. The van der Waals surface area contributed by atoms with Crippen LogP contribution < -0.4 is 0 Å². The lowest BCUT2D eigenvalue weighted by atomic mass is 9.87. The van der Waals surface area contributed by atoms with Crippen LogP contribution in [-0.4, -0.2) is 65.1 Å². The smallest absolute Gasteiger partial charge is 0.242 e. The zero-order valence-corrected chi connectivity index (χ0v) is 16.5. The van der Waals surface area contributed by atoms with Crippen molar-refractivity contribution in [1.29, 1.82) is 0 Å². The summed E-state index contributed by atoms with van der Waals surface area (Å²) in [7, 11) is 0. The Kier molecular flexibility index (Phi) is 5.65. The highest BCUT2D eigenvalue weighted by Crippen LogP contribution is 2.22. The summed E-state index contributed by atoms with van der Waals surface area (Å²) >= 11 is 0. The highest BCUT2D eigenvalue weighted by Gasteiger charge is 2.32. The lowest BCUT2D eigenvalue weighted by Crippen LogP contribution is -2.51.